The molecule has 0 aromatic carbocycles. The van der Waals surface area contributed by atoms with Crippen LogP contribution in [0.2, 0.25) is 0 Å². The largest absolute Gasteiger partial charge is 0.417 e. The van der Waals surface area contributed by atoms with Crippen LogP contribution in [0.5, 0.6) is 0 Å². The van der Waals surface area contributed by atoms with Crippen LogP contribution in [0.25, 0.3) is 10.4 Å². The number of aliphatic hydroxyl groups is 1. The van der Waals surface area contributed by atoms with E-state index in [-0.39, 0.29) is 21.2 Å². The molecular weight excluding hydrogens is 557 g/mol. The Kier molecular flexibility index (Phi) is 7.67. The number of hydrogen-bond donors (Lipinski definition) is 3. The summed E-state index contributed by atoms with van der Waals surface area (Å²) in [5.74, 6) is -5.02. The quantitative estimate of drug-likeness (QED) is 0.377. The normalized spacial score (nSPS) is 21.1. The van der Waals surface area contributed by atoms with Crippen molar-refractivity contribution in [1.29, 1.82) is 0 Å². The number of pyridine rings is 1. The minimum Gasteiger partial charge on any atom is -0.388 e. The van der Waals surface area contributed by atoms with E-state index in [0.717, 1.165) is 36.4 Å². The minimum absolute atomic E-state index is 0.000410. The number of halogens is 5. The summed E-state index contributed by atoms with van der Waals surface area (Å²) < 4.78 is 71.2. The van der Waals surface area contributed by atoms with Crippen molar-refractivity contribution in [3.63, 3.8) is 0 Å². The highest BCUT2D eigenvalue weighted by atomic mass is 32.1. The van der Waals surface area contributed by atoms with Crippen LogP contribution in [0, 0.1) is 0 Å². The first-order chi connectivity index (χ1) is 18.3. The van der Waals surface area contributed by atoms with Crippen molar-refractivity contribution >= 4 is 29.0 Å². The van der Waals surface area contributed by atoms with Crippen molar-refractivity contribution in [1.82, 2.24) is 20.2 Å². The van der Waals surface area contributed by atoms with Gasteiger partial charge in [0, 0.05) is 29.8 Å². The van der Waals surface area contributed by atoms with Gasteiger partial charge in [-0.15, -0.1) is 11.3 Å². The van der Waals surface area contributed by atoms with Gasteiger partial charge in [0.1, 0.15) is 11.5 Å². The molecule has 2 fully saturated rings. The summed E-state index contributed by atoms with van der Waals surface area (Å²) in [7, 11) is 0. The SMILES string of the molecule is CC1CC(F)(F)CN1C(=O)c1nc(C(=O)NC(C)C(C)(C)O)sc1-c1cnc(NC2(C)CCC2)cc1C(F)(F)F. The highest BCUT2D eigenvalue weighted by molar-refractivity contribution is 7.17. The van der Waals surface area contributed by atoms with E-state index in [2.05, 4.69) is 20.6 Å². The Labute approximate surface area is 232 Å². The zero-order chi connectivity index (χ0) is 29.8. The number of carbonyl (C=O) groups is 2. The van der Waals surface area contributed by atoms with Crippen LogP contribution in [0.1, 0.15) is 86.2 Å². The van der Waals surface area contributed by atoms with E-state index in [1.54, 1.807) is 0 Å². The molecule has 4 rings (SSSR count). The summed E-state index contributed by atoms with van der Waals surface area (Å²) in [6, 6.07) is -0.843. The molecule has 2 atom stereocenters. The summed E-state index contributed by atoms with van der Waals surface area (Å²) in [5, 5.41) is 15.4. The second-order valence-corrected chi connectivity index (χ2v) is 12.5. The Morgan fingerprint density at radius 1 is 1.25 bits per heavy atom. The lowest BCUT2D eigenvalue weighted by Crippen LogP contribution is -2.47. The fraction of sp³-hybridized carbons (Fsp3) is 0.615. The fourth-order valence-corrected chi connectivity index (χ4v) is 5.66. The molecule has 1 saturated heterocycles. The Bertz CT molecular complexity index is 1300. The van der Waals surface area contributed by atoms with Gasteiger partial charge in [-0.05, 0) is 59.9 Å². The number of carbonyl (C=O) groups excluding carboxylic acids is 2. The number of alkyl halides is 5. The van der Waals surface area contributed by atoms with E-state index in [1.165, 1.54) is 27.7 Å². The zero-order valence-corrected chi connectivity index (χ0v) is 23.6. The lowest BCUT2D eigenvalue weighted by atomic mass is 9.78. The molecule has 3 N–H and O–H groups in total. The molecule has 8 nitrogen and oxygen atoms in total. The van der Waals surface area contributed by atoms with Gasteiger partial charge in [-0.1, -0.05) is 0 Å². The van der Waals surface area contributed by atoms with Gasteiger partial charge in [0.05, 0.1) is 28.6 Å². The van der Waals surface area contributed by atoms with Gasteiger partial charge in [0.15, 0.2) is 5.01 Å². The topological polar surface area (TPSA) is 107 Å². The smallest absolute Gasteiger partial charge is 0.388 e. The number of hydrogen-bond acceptors (Lipinski definition) is 7. The van der Waals surface area contributed by atoms with Crippen molar-refractivity contribution in [3.05, 3.63) is 28.5 Å². The molecule has 3 heterocycles. The number of amides is 2. The molecule has 2 unspecified atom stereocenters. The first kappa shape index (κ1) is 30.1. The molecule has 220 valence electrons. The standard InChI is InChI=1S/C26H32F5N5O3S/c1-13-10-25(27,28)12-36(13)22(38)18-19(40-21(34-18)20(37)33-14(2)23(3,4)39)15-11-32-17(9-16(15)26(29,30)31)35-24(5)7-6-8-24/h9,11,13-14,39H,6-8,10,12H2,1-5H3,(H,32,35)(H,33,37). The Balaban J connectivity index is 1.81. The van der Waals surface area contributed by atoms with Gasteiger partial charge in [0.2, 0.25) is 0 Å². The molecule has 2 aromatic heterocycles. The van der Waals surface area contributed by atoms with Gasteiger partial charge in [-0.2, -0.15) is 13.2 Å². The van der Waals surface area contributed by atoms with Crippen LogP contribution >= 0.6 is 11.3 Å². The summed E-state index contributed by atoms with van der Waals surface area (Å²) in [6.07, 6.45) is -2.04. The molecule has 1 saturated carbocycles. The summed E-state index contributed by atoms with van der Waals surface area (Å²) in [4.78, 5) is 35.2. The van der Waals surface area contributed by atoms with E-state index >= 15 is 0 Å². The van der Waals surface area contributed by atoms with Crippen molar-refractivity contribution in [2.75, 3.05) is 11.9 Å². The molecule has 2 aromatic rings. The first-order valence-corrected chi connectivity index (χ1v) is 13.7. The molecule has 40 heavy (non-hydrogen) atoms. The molecule has 1 aliphatic heterocycles. The van der Waals surface area contributed by atoms with Crippen LogP contribution in [0.3, 0.4) is 0 Å². The number of rotatable bonds is 7. The fourth-order valence-electron chi connectivity index (χ4n) is 4.68. The lowest BCUT2D eigenvalue weighted by Gasteiger charge is -2.39. The van der Waals surface area contributed by atoms with E-state index in [4.69, 9.17) is 0 Å². The van der Waals surface area contributed by atoms with E-state index < -0.39 is 71.4 Å². The molecule has 2 amide bonds. The second kappa shape index (κ2) is 10.2. The Morgan fingerprint density at radius 3 is 2.40 bits per heavy atom. The molecule has 1 aliphatic carbocycles. The average molecular weight is 590 g/mol. The van der Waals surface area contributed by atoms with Crippen molar-refractivity contribution in [3.8, 4) is 10.4 Å². The summed E-state index contributed by atoms with van der Waals surface area (Å²) >= 11 is 0.526. The zero-order valence-electron chi connectivity index (χ0n) is 22.7. The number of thiazole rings is 1. The minimum atomic E-state index is -4.87. The van der Waals surface area contributed by atoms with Gasteiger partial charge in [-0.25, -0.2) is 18.7 Å². The Hall–Kier alpha value is -2.87. The highest BCUT2D eigenvalue weighted by Gasteiger charge is 2.47. The third kappa shape index (κ3) is 6.22. The predicted octanol–water partition coefficient (Wildman–Crippen LogP) is 5.34. The molecule has 14 heteroatoms. The lowest BCUT2D eigenvalue weighted by molar-refractivity contribution is -0.137. The highest BCUT2D eigenvalue weighted by Crippen LogP contribution is 2.43. The number of aromatic nitrogens is 2. The van der Waals surface area contributed by atoms with Crippen molar-refractivity contribution in [2.24, 2.45) is 0 Å². The maximum Gasteiger partial charge on any atom is 0.417 e. The first-order valence-electron chi connectivity index (χ1n) is 12.9. The van der Waals surface area contributed by atoms with Crippen molar-refractivity contribution < 1.29 is 36.6 Å². The molecule has 0 radical (unpaired) electrons. The van der Waals surface area contributed by atoms with Crippen LogP contribution in [-0.2, 0) is 6.18 Å². The Morgan fingerprint density at radius 2 is 1.90 bits per heavy atom. The maximum absolute atomic E-state index is 14.3. The summed E-state index contributed by atoms with van der Waals surface area (Å²) in [5.41, 5.74) is -3.87. The number of nitrogens with zero attached hydrogens (tertiary/aromatic N) is 3. The molecule has 0 bridgehead atoms. The van der Waals surface area contributed by atoms with Gasteiger partial charge in [0.25, 0.3) is 17.7 Å². The third-order valence-corrected chi connectivity index (χ3v) is 8.65. The molecule has 0 spiro atoms. The van der Waals surface area contributed by atoms with E-state index in [1.807, 2.05) is 6.92 Å². The summed E-state index contributed by atoms with van der Waals surface area (Å²) in [6.45, 7) is 6.80. The van der Waals surface area contributed by atoms with Crippen LogP contribution in [0.4, 0.5) is 27.8 Å². The maximum atomic E-state index is 14.3. The van der Waals surface area contributed by atoms with E-state index in [9.17, 15) is 36.6 Å². The van der Waals surface area contributed by atoms with Gasteiger partial charge >= 0.3 is 6.18 Å². The monoisotopic (exact) mass is 589 g/mol. The number of likely N-dealkylation sites (tertiary alicyclic amines) is 1. The van der Waals surface area contributed by atoms with Gasteiger partial charge < -0.3 is 20.6 Å². The van der Waals surface area contributed by atoms with Crippen LogP contribution in [-0.4, -0.2) is 67.5 Å². The molecular formula is C26H32F5N5O3S. The predicted molar refractivity (Wildman–Crippen MR) is 140 cm³/mol. The second-order valence-electron chi connectivity index (χ2n) is 11.5. The molecule has 2 aliphatic rings. The van der Waals surface area contributed by atoms with Crippen molar-refractivity contribution in [2.45, 2.75) is 95.6 Å². The van der Waals surface area contributed by atoms with Crippen LogP contribution in [0.15, 0.2) is 12.3 Å². The number of nitrogens with one attached hydrogen (secondary N) is 2. The average Bonchev–Trinajstić information content (AvgIpc) is 3.36. The van der Waals surface area contributed by atoms with Gasteiger partial charge in [-0.3, -0.25) is 9.59 Å². The van der Waals surface area contributed by atoms with Crippen LogP contribution < -0.4 is 10.6 Å². The van der Waals surface area contributed by atoms with E-state index in [0.29, 0.717) is 11.3 Å². The number of anilines is 1. The third-order valence-electron chi connectivity index (χ3n) is 7.56.